The number of aromatic nitrogens is 2. The van der Waals surface area contributed by atoms with Crippen LogP contribution in [0.25, 0.3) is 0 Å². The number of nitrogens with two attached hydrogens (primary N) is 1. The summed E-state index contributed by atoms with van der Waals surface area (Å²) in [4.78, 5) is 17.8. The molecule has 4 rings (SSSR count). The van der Waals surface area contributed by atoms with Crippen LogP contribution in [-0.4, -0.2) is 53.6 Å². The normalized spacial score (nSPS) is 31.0. The van der Waals surface area contributed by atoms with Crippen molar-refractivity contribution in [3.8, 4) is 0 Å². The maximum absolute atomic E-state index is 6.23. The molecule has 0 spiro atoms. The highest BCUT2D eigenvalue weighted by atomic mass is 15.3. The highest BCUT2D eigenvalue weighted by Crippen LogP contribution is 2.48. The van der Waals surface area contributed by atoms with Crippen molar-refractivity contribution in [3.63, 3.8) is 0 Å². The number of rotatable bonds is 3. The van der Waals surface area contributed by atoms with E-state index in [1.165, 1.54) is 25.7 Å². The molecule has 1 saturated heterocycles. The van der Waals surface area contributed by atoms with Gasteiger partial charge in [0.1, 0.15) is 0 Å². The second kappa shape index (κ2) is 6.34. The Bertz CT molecular complexity index is 551. The molecule has 23 heavy (non-hydrogen) atoms. The summed E-state index contributed by atoms with van der Waals surface area (Å²) in [5, 5.41) is 0. The van der Waals surface area contributed by atoms with Crippen LogP contribution in [0.1, 0.15) is 25.7 Å². The van der Waals surface area contributed by atoms with Crippen molar-refractivity contribution < 1.29 is 0 Å². The fourth-order valence-electron chi connectivity index (χ4n) is 4.50. The minimum Gasteiger partial charge on any atom is -0.370 e. The van der Waals surface area contributed by atoms with E-state index in [-0.39, 0.29) is 0 Å². The fraction of sp³-hybridized carbons (Fsp3) is 0.706. The summed E-state index contributed by atoms with van der Waals surface area (Å²) < 4.78 is 0. The lowest BCUT2D eigenvalue weighted by atomic mass is 9.89. The first-order valence-electron chi connectivity index (χ1n) is 8.86. The van der Waals surface area contributed by atoms with E-state index in [4.69, 9.17) is 10.7 Å². The van der Waals surface area contributed by atoms with E-state index in [1.54, 1.807) is 12.4 Å². The Kier molecular flexibility index (Phi) is 4.06. The Hall–Kier alpha value is -1.85. The van der Waals surface area contributed by atoms with Crippen molar-refractivity contribution in [2.24, 2.45) is 28.5 Å². The van der Waals surface area contributed by atoms with Gasteiger partial charge in [0, 0.05) is 45.1 Å². The third-order valence-corrected chi connectivity index (χ3v) is 5.81. The van der Waals surface area contributed by atoms with Gasteiger partial charge in [-0.2, -0.15) is 0 Å². The van der Waals surface area contributed by atoms with Gasteiger partial charge in [0.25, 0.3) is 0 Å². The van der Waals surface area contributed by atoms with Crippen LogP contribution in [0.3, 0.4) is 0 Å². The zero-order chi connectivity index (χ0) is 15.6. The van der Waals surface area contributed by atoms with Gasteiger partial charge in [-0.3, -0.25) is 4.99 Å². The van der Waals surface area contributed by atoms with Crippen molar-refractivity contribution in [1.82, 2.24) is 14.9 Å². The molecule has 6 heteroatoms. The average molecular weight is 314 g/mol. The lowest BCUT2D eigenvalue weighted by Gasteiger charge is -2.35. The number of anilines is 1. The average Bonchev–Trinajstić information content (AvgIpc) is 3.24. The molecule has 2 N–H and O–H groups in total. The molecule has 0 aromatic carbocycles. The third-order valence-electron chi connectivity index (χ3n) is 5.81. The monoisotopic (exact) mass is 314 g/mol. The van der Waals surface area contributed by atoms with Crippen molar-refractivity contribution in [3.05, 3.63) is 18.5 Å². The number of fused-ring (bicyclic) bond motifs is 2. The highest BCUT2D eigenvalue weighted by molar-refractivity contribution is 5.78. The predicted molar refractivity (Wildman–Crippen MR) is 91.2 cm³/mol. The minimum absolute atomic E-state index is 0.724. The number of guanidine groups is 1. The number of nitrogens with zero attached hydrogens (tertiary/aromatic N) is 5. The van der Waals surface area contributed by atoms with Gasteiger partial charge < -0.3 is 15.5 Å². The summed E-state index contributed by atoms with van der Waals surface area (Å²) in [5.41, 5.74) is 6.23. The molecule has 2 saturated carbocycles. The van der Waals surface area contributed by atoms with E-state index in [0.29, 0.717) is 0 Å². The molecule has 2 aliphatic carbocycles. The van der Waals surface area contributed by atoms with E-state index in [1.807, 2.05) is 6.07 Å². The van der Waals surface area contributed by atoms with Gasteiger partial charge in [-0.1, -0.05) is 6.42 Å². The number of aliphatic imine (C=N–C) groups is 1. The van der Waals surface area contributed by atoms with Gasteiger partial charge in [0.15, 0.2) is 5.96 Å². The van der Waals surface area contributed by atoms with Gasteiger partial charge >= 0.3 is 0 Å². The molecule has 3 fully saturated rings. The zero-order valence-electron chi connectivity index (χ0n) is 13.6. The highest BCUT2D eigenvalue weighted by Gasteiger charge is 2.39. The minimum atomic E-state index is 0.724. The predicted octanol–water partition coefficient (Wildman–Crippen LogP) is 1.35. The molecule has 124 valence electrons. The van der Waals surface area contributed by atoms with Crippen molar-refractivity contribution >= 4 is 11.9 Å². The van der Waals surface area contributed by atoms with Crippen LogP contribution in [-0.2, 0) is 0 Å². The van der Waals surface area contributed by atoms with Gasteiger partial charge in [-0.05, 0) is 43.1 Å². The van der Waals surface area contributed by atoms with Crippen LogP contribution in [0.5, 0.6) is 0 Å². The molecule has 1 aromatic heterocycles. The molecule has 3 atom stereocenters. The van der Waals surface area contributed by atoms with Crippen LogP contribution in [0.15, 0.2) is 23.5 Å². The first-order valence-corrected chi connectivity index (χ1v) is 8.86. The van der Waals surface area contributed by atoms with Gasteiger partial charge in [0.2, 0.25) is 5.95 Å². The van der Waals surface area contributed by atoms with Gasteiger partial charge in [-0.25, -0.2) is 9.97 Å². The second-order valence-corrected chi connectivity index (χ2v) is 7.16. The van der Waals surface area contributed by atoms with E-state index in [0.717, 1.165) is 62.4 Å². The quantitative estimate of drug-likeness (QED) is 0.673. The largest absolute Gasteiger partial charge is 0.370 e. The number of hydrogen-bond acceptors (Lipinski definition) is 4. The van der Waals surface area contributed by atoms with E-state index in [2.05, 4.69) is 19.8 Å². The lowest BCUT2D eigenvalue weighted by Crippen LogP contribution is -2.51. The second-order valence-electron chi connectivity index (χ2n) is 7.16. The molecule has 0 amide bonds. The Labute approximate surface area is 137 Å². The molecule has 1 aromatic rings. The Morgan fingerprint density at radius 2 is 1.91 bits per heavy atom. The van der Waals surface area contributed by atoms with Gasteiger partial charge in [0.05, 0.1) is 0 Å². The van der Waals surface area contributed by atoms with Crippen LogP contribution < -0.4 is 10.6 Å². The van der Waals surface area contributed by atoms with E-state index < -0.39 is 0 Å². The smallest absolute Gasteiger partial charge is 0.225 e. The molecule has 2 bridgehead atoms. The molecule has 3 aliphatic rings. The van der Waals surface area contributed by atoms with E-state index >= 15 is 0 Å². The Morgan fingerprint density at radius 1 is 1.13 bits per heavy atom. The SMILES string of the molecule is NC(=NCC1CC2CCC1C2)N1CCN(c2ncccn2)CC1. The molecule has 2 heterocycles. The first kappa shape index (κ1) is 14.7. The molecular weight excluding hydrogens is 288 g/mol. The zero-order valence-corrected chi connectivity index (χ0v) is 13.6. The molecule has 3 unspecified atom stereocenters. The summed E-state index contributed by atoms with van der Waals surface area (Å²) in [5.74, 6) is 4.22. The Balaban J connectivity index is 1.29. The number of piperazine rings is 1. The van der Waals surface area contributed by atoms with Crippen molar-refractivity contribution in [1.29, 1.82) is 0 Å². The van der Waals surface area contributed by atoms with Gasteiger partial charge in [-0.15, -0.1) is 0 Å². The summed E-state index contributed by atoms with van der Waals surface area (Å²) >= 11 is 0. The third kappa shape index (κ3) is 3.12. The van der Waals surface area contributed by atoms with E-state index in [9.17, 15) is 0 Å². The van der Waals surface area contributed by atoms with Crippen LogP contribution in [0.4, 0.5) is 5.95 Å². The van der Waals surface area contributed by atoms with Crippen molar-refractivity contribution in [2.75, 3.05) is 37.6 Å². The van der Waals surface area contributed by atoms with Crippen molar-refractivity contribution in [2.45, 2.75) is 25.7 Å². The summed E-state index contributed by atoms with van der Waals surface area (Å²) in [7, 11) is 0. The first-order chi connectivity index (χ1) is 11.3. The summed E-state index contributed by atoms with van der Waals surface area (Å²) in [6, 6.07) is 1.85. The summed E-state index contributed by atoms with van der Waals surface area (Å²) in [6.07, 6.45) is 9.26. The topological polar surface area (TPSA) is 70.6 Å². The number of hydrogen-bond donors (Lipinski definition) is 1. The van der Waals surface area contributed by atoms with Crippen LogP contribution >= 0.6 is 0 Å². The summed E-state index contributed by atoms with van der Waals surface area (Å²) in [6.45, 7) is 4.51. The molecule has 6 nitrogen and oxygen atoms in total. The standard InChI is InChI=1S/C17H26N6/c18-16(21-12-15-11-13-2-3-14(15)10-13)22-6-8-23(9-7-22)17-19-4-1-5-20-17/h1,4-5,13-15H,2-3,6-12H2,(H2,18,21). The Morgan fingerprint density at radius 3 is 2.57 bits per heavy atom. The maximum atomic E-state index is 6.23. The van der Waals surface area contributed by atoms with Crippen LogP contribution in [0, 0.1) is 17.8 Å². The fourth-order valence-corrected chi connectivity index (χ4v) is 4.50. The lowest BCUT2D eigenvalue weighted by molar-refractivity contribution is 0.336. The molecule has 1 aliphatic heterocycles. The van der Waals surface area contributed by atoms with Crippen LogP contribution in [0.2, 0.25) is 0 Å². The molecular formula is C17H26N6. The maximum Gasteiger partial charge on any atom is 0.225 e. The molecule has 0 radical (unpaired) electrons.